The van der Waals surface area contributed by atoms with Crippen molar-refractivity contribution in [2.24, 2.45) is 0 Å². The lowest BCUT2D eigenvalue weighted by Gasteiger charge is -2.14. The van der Waals surface area contributed by atoms with Crippen LogP contribution >= 0.6 is 27.5 Å². The summed E-state index contributed by atoms with van der Waals surface area (Å²) < 4.78 is 6.40. The first-order chi connectivity index (χ1) is 9.88. The van der Waals surface area contributed by atoms with E-state index in [-0.39, 0.29) is 16.5 Å². The topological polar surface area (TPSA) is 72.6 Å². The van der Waals surface area contributed by atoms with E-state index in [1.807, 2.05) is 0 Å². The molecule has 0 heterocycles. The van der Waals surface area contributed by atoms with Crippen molar-refractivity contribution in [2.75, 3.05) is 0 Å². The van der Waals surface area contributed by atoms with Crippen LogP contribution in [0, 0.1) is 10.1 Å². The minimum absolute atomic E-state index is 0.122. The molecule has 0 aliphatic heterocycles. The first-order valence-corrected chi connectivity index (χ1v) is 7.15. The number of nitro benzene ring substituents is 1. The average Bonchev–Trinajstić information content (AvgIpc) is 2.40. The van der Waals surface area contributed by atoms with E-state index in [0.29, 0.717) is 11.3 Å². The lowest BCUT2D eigenvalue weighted by molar-refractivity contribution is -0.384. The molecule has 0 fully saturated rings. The zero-order valence-corrected chi connectivity index (χ0v) is 13.3. The molecule has 110 valence electrons. The predicted molar refractivity (Wildman–Crippen MR) is 83.0 cm³/mol. The number of nitrogens with zero attached hydrogens (tertiary/aromatic N) is 1. The molecule has 2 rings (SSSR count). The molecule has 21 heavy (non-hydrogen) atoms. The molecule has 2 aromatic carbocycles. The van der Waals surface area contributed by atoms with Crippen molar-refractivity contribution in [1.82, 2.24) is 0 Å². The molecule has 1 unspecified atom stereocenters. The van der Waals surface area contributed by atoms with Crippen molar-refractivity contribution < 1.29 is 14.8 Å². The Morgan fingerprint density at radius 1 is 1.29 bits per heavy atom. The molecule has 1 atom stereocenters. The van der Waals surface area contributed by atoms with Gasteiger partial charge in [0.2, 0.25) is 0 Å². The van der Waals surface area contributed by atoms with Gasteiger partial charge in [0.15, 0.2) is 5.75 Å². The zero-order chi connectivity index (χ0) is 15.6. The van der Waals surface area contributed by atoms with Crippen molar-refractivity contribution in [3.8, 4) is 11.5 Å². The third kappa shape index (κ3) is 3.72. The highest BCUT2D eigenvalue weighted by atomic mass is 79.9. The maximum Gasteiger partial charge on any atom is 0.273 e. The number of hydrogen-bond donors (Lipinski definition) is 1. The number of hydrogen-bond acceptors (Lipinski definition) is 4. The minimum atomic E-state index is -0.745. The van der Waals surface area contributed by atoms with E-state index in [2.05, 4.69) is 15.9 Å². The highest BCUT2D eigenvalue weighted by molar-refractivity contribution is 9.10. The molecule has 0 aliphatic carbocycles. The Kier molecular flexibility index (Phi) is 4.82. The summed E-state index contributed by atoms with van der Waals surface area (Å²) in [5, 5.41) is 20.8. The number of non-ortho nitro benzene ring substituents is 1. The molecule has 0 aliphatic rings. The fourth-order valence-corrected chi connectivity index (χ4v) is 2.24. The van der Waals surface area contributed by atoms with E-state index in [1.165, 1.54) is 18.2 Å². The fraction of sp³-hybridized carbons (Fsp3) is 0.143. The molecule has 0 amide bonds. The summed E-state index contributed by atoms with van der Waals surface area (Å²) in [6, 6.07) is 9.08. The fourth-order valence-electron chi connectivity index (χ4n) is 1.74. The van der Waals surface area contributed by atoms with E-state index in [4.69, 9.17) is 16.3 Å². The summed E-state index contributed by atoms with van der Waals surface area (Å²) >= 11 is 9.31. The van der Waals surface area contributed by atoms with Gasteiger partial charge < -0.3 is 9.84 Å². The van der Waals surface area contributed by atoms with E-state index in [9.17, 15) is 15.2 Å². The third-order valence-corrected chi connectivity index (χ3v) is 3.58. The lowest BCUT2D eigenvalue weighted by atomic mass is 10.1. The first-order valence-electron chi connectivity index (χ1n) is 5.98. The number of rotatable bonds is 4. The quantitative estimate of drug-likeness (QED) is 0.614. The summed E-state index contributed by atoms with van der Waals surface area (Å²) in [5.74, 6) is 0.535. The summed E-state index contributed by atoms with van der Waals surface area (Å²) in [6.45, 7) is 1.60. The van der Waals surface area contributed by atoms with Gasteiger partial charge in [-0.2, -0.15) is 0 Å². The van der Waals surface area contributed by atoms with E-state index >= 15 is 0 Å². The molecule has 0 radical (unpaired) electrons. The van der Waals surface area contributed by atoms with Gasteiger partial charge in [-0.1, -0.05) is 33.6 Å². The number of halogens is 2. The van der Waals surface area contributed by atoms with Gasteiger partial charge in [-0.3, -0.25) is 10.1 Å². The Bertz CT molecular complexity index is 691. The molecule has 0 spiro atoms. The van der Waals surface area contributed by atoms with Crippen molar-refractivity contribution in [1.29, 1.82) is 0 Å². The van der Waals surface area contributed by atoms with Gasteiger partial charge >= 0.3 is 0 Å². The molecular weight excluding hydrogens is 362 g/mol. The van der Waals surface area contributed by atoms with Gasteiger partial charge in [0.05, 0.1) is 22.1 Å². The van der Waals surface area contributed by atoms with Gasteiger partial charge in [-0.05, 0) is 25.1 Å². The van der Waals surface area contributed by atoms with Crippen molar-refractivity contribution in [2.45, 2.75) is 13.0 Å². The van der Waals surface area contributed by atoms with Crippen LogP contribution in [-0.2, 0) is 0 Å². The molecule has 0 saturated carbocycles. The summed E-state index contributed by atoms with van der Waals surface area (Å²) in [5.41, 5.74) is 0.434. The molecule has 0 aromatic heterocycles. The highest BCUT2D eigenvalue weighted by Gasteiger charge is 2.15. The van der Waals surface area contributed by atoms with Gasteiger partial charge in [0, 0.05) is 16.1 Å². The predicted octanol–water partition coefficient (Wildman–Crippen LogP) is 4.86. The summed E-state index contributed by atoms with van der Waals surface area (Å²) in [6.07, 6.45) is -0.745. The maximum absolute atomic E-state index is 10.8. The van der Waals surface area contributed by atoms with Crippen LogP contribution in [0.3, 0.4) is 0 Å². The van der Waals surface area contributed by atoms with E-state index < -0.39 is 11.0 Å². The lowest BCUT2D eigenvalue weighted by Crippen LogP contribution is -1.97. The van der Waals surface area contributed by atoms with Crippen LogP contribution in [0.2, 0.25) is 5.02 Å². The number of aliphatic hydroxyl groups excluding tert-OH is 1. The van der Waals surface area contributed by atoms with Crippen molar-refractivity contribution in [3.63, 3.8) is 0 Å². The minimum Gasteiger partial charge on any atom is -0.455 e. The summed E-state index contributed by atoms with van der Waals surface area (Å²) in [7, 11) is 0. The Morgan fingerprint density at radius 2 is 2.00 bits per heavy atom. The highest BCUT2D eigenvalue weighted by Crippen LogP contribution is 2.37. The number of benzene rings is 2. The van der Waals surface area contributed by atoms with Crippen LogP contribution < -0.4 is 4.74 Å². The third-order valence-electron chi connectivity index (χ3n) is 2.77. The second-order valence-corrected chi connectivity index (χ2v) is 5.65. The average molecular weight is 373 g/mol. The molecule has 0 saturated heterocycles. The maximum atomic E-state index is 10.8. The molecule has 2 aromatic rings. The molecule has 7 heteroatoms. The van der Waals surface area contributed by atoms with Crippen LogP contribution in [0.25, 0.3) is 0 Å². The van der Waals surface area contributed by atoms with Gasteiger partial charge in [0.1, 0.15) is 5.75 Å². The molecule has 0 bridgehead atoms. The number of aliphatic hydroxyl groups is 1. The largest absolute Gasteiger partial charge is 0.455 e. The molecule has 5 nitrogen and oxygen atoms in total. The van der Waals surface area contributed by atoms with Crippen LogP contribution in [0.5, 0.6) is 11.5 Å². The zero-order valence-electron chi connectivity index (χ0n) is 10.9. The Balaban J connectivity index is 2.44. The SMILES string of the molecule is CC(O)c1ccc(Br)cc1Oc1cc([N+](=O)[O-])ccc1Cl. The second kappa shape index (κ2) is 6.43. The standard InChI is InChI=1S/C14H11BrClNO4/c1-8(18)11-4-2-9(15)6-13(11)21-14-7-10(17(19)20)3-5-12(14)16/h2-8,18H,1H3. The summed E-state index contributed by atoms with van der Waals surface area (Å²) in [4.78, 5) is 10.3. The monoisotopic (exact) mass is 371 g/mol. The van der Waals surface area contributed by atoms with E-state index in [1.54, 1.807) is 25.1 Å². The van der Waals surface area contributed by atoms with Crippen LogP contribution in [0.15, 0.2) is 40.9 Å². The molecule has 1 N–H and O–H groups in total. The normalized spacial score (nSPS) is 12.0. The Labute approximate surface area is 134 Å². The Hall–Kier alpha value is -1.63. The van der Waals surface area contributed by atoms with Crippen LogP contribution in [0.1, 0.15) is 18.6 Å². The second-order valence-electron chi connectivity index (χ2n) is 4.33. The molecular formula is C14H11BrClNO4. The Morgan fingerprint density at radius 3 is 2.62 bits per heavy atom. The first kappa shape index (κ1) is 15.8. The van der Waals surface area contributed by atoms with Crippen LogP contribution in [0.4, 0.5) is 5.69 Å². The van der Waals surface area contributed by atoms with Gasteiger partial charge in [-0.15, -0.1) is 0 Å². The van der Waals surface area contributed by atoms with Crippen molar-refractivity contribution >= 4 is 33.2 Å². The number of ether oxygens (including phenoxy) is 1. The number of nitro groups is 1. The van der Waals surface area contributed by atoms with Crippen molar-refractivity contribution in [3.05, 3.63) is 61.6 Å². The van der Waals surface area contributed by atoms with E-state index in [0.717, 1.165) is 4.47 Å². The van der Waals surface area contributed by atoms with Crippen LogP contribution in [-0.4, -0.2) is 10.0 Å². The van der Waals surface area contributed by atoms with Gasteiger partial charge in [0.25, 0.3) is 5.69 Å². The smallest absolute Gasteiger partial charge is 0.273 e. The van der Waals surface area contributed by atoms with Gasteiger partial charge in [-0.25, -0.2) is 0 Å².